The summed E-state index contributed by atoms with van der Waals surface area (Å²) in [7, 11) is 0. The van der Waals surface area contributed by atoms with E-state index >= 15 is 0 Å². The topological polar surface area (TPSA) is 29.5 Å². The standard InChI is InChI=1S/C19H20BrNO2/c1-19(11-15-7-9-17(20)10-8-15)13-21(14-19)18(22)23-12-16-5-3-2-4-6-16/h2-10H,11-14H2,1H3. The second-order valence-corrected chi connectivity index (χ2v) is 7.43. The van der Waals surface area contributed by atoms with Gasteiger partial charge >= 0.3 is 6.09 Å². The highest BCUT2D eigenvalue weighted by molar-refractivity contribution is 9.10. The van der Waals surface area contributed by atoms with Gasteiger partial charge in [0.15, 0.2) is 0 Å². The first-order valence-electron chi connectivity index (χ1n) is 7.74. The number of carbonyl (C=O) groups excluding carboxylic acids is 1. The van der Waals surface area contributed by atoms with E-state index in [0.29, 0.717) is 6.61 Å². The number of benzene rings is 2. The Morgan fingerprint density at radius 2 is 1.74 bits per heavy atom. The van der Waals surface area contributed by atoms with Crippen LogP contribution >= 0.6 is 15.9 Å². The number of halogens is 1. The van der Waals surface area contributed by atoms with Gasteiger partial charge in [0.1, 0.15) is 6.61 Å². The van der Waals surface area contributed by atoms with Crippen molar-refractivity contribution < 1.29 is 9.53 Å². The van der Waals surface area contributed by atoms with Gasteiger partial charge in [-0.05, 0) is 29.7 Å². The molecule has 1 aliphatic rings. The first-order valence-corrected chi connectivity index (χ1v) is 8.53. The second-order valence-electron chi connectivity index (χ2n) is 6.51. The Hall–Kier alpha value is -1.81. The van der Waals surface area contributed by atoms with Gasteiger partial charge in [-0.1, -0.05) is 65.3 Å². The van der Waals surface area contributed by atoms with E-state index in [9.17, 15) is 4.79 Å². The third kappa shape index (κ3) is 4.14. The number of hydrogen-bond donors (Lipinski definition) is 0. The van der Waals surface area contributed by atoms with Crippen LogP contribution in [0.2, 0.25) is 0 Å². The molecule has 0 aromatic heterocycles. The van der Waals surface area contributed by atoms with E-state index in [0.717, 1.165) is 29.5 Å². The summed E-state index contributed by atoms with van der Waals surface area (Å²) in [5.74, 6) is 0. The lowest BCUT2D eigenvalue weighted by molar-refractivity contribution is 0.00442. The van der Waals surface area contributed by atoms with Crippen molar-refractivity contribution in [3.05, 3.63) is 70.2 Å². The summed E-state index contributed by atoms with van der Waals surface area (Å²) in [6, 6.07) is 18.1. The molecule has 0 unspecified atom stereocenters. The number of likely N-dealkylation sites (tertiary alicyclic amines) is 1. The van der Waals surface area contributed by atoms with Crippen LogP contribution in [0.3, 0.4) is 0 Å². The SMILES string of the molecule is CC1(Cc2ccc(Br)cc2)CN(C(=O)OCc2ccccc2)C1. The van der Waals surface area contributed by atoms with Crippen LogP contribution in [0.5, 0.6) is 0 Å². The van der Waals surface area contributed by atoms with Crippen LogP contribution in [0.25, 0.3) is 0 Å². The van der Waals surface area contributed by atoms with Crippen molar-refractivity contribution in [3.8, 4) is 0 Å². The summed E-state index contributed by atoms with van der Waals surface area (Å²) in [4.78, 5) is 13.9. The summed E-state index contributed by atoms with van der Waals surface area (Å²) in [6.45, 7) is 4.04. The average molecular weight is 374 g/mol. The van der Waals surface area contributed by atoms with Crippen molar-refractivity contribution >= 4 is 22.0 Å². The van der Waals surface area contributed by atoms with E-state index in [4.69, 9.17) is 4.74 Å². The van der Waals surface area contributed by atoms with Crippen molar-refractivity contribution in [1.29, 1.82) is 0 Å². The Morgan fingerprint density at radius 3 is 2.39 bits per heavy atom. The number of rotatable bonds is 4. The molecule has 0 atom stereocenters. The molecule has 120 valence electrons. The maximum absolute atomic E-state index is 12.1. The molecule has 23 heavy (non-hydrogen) atoms. The predicted molar refractivity (Wildman–Crippen MR) is 94.2 cm³/mol. The van der Waals surface area contributed by atoms with Crippen LogP contribution in [0.1, 0.15) is 18.1 Å². The monoisotopic (exact) mass is 373 g/mol. The molecule has 1 fully saturated rings. The molecule has 3 nitrogen and oxygen atoms in total. The molecule has 0 saturated carbocycles. The molecule has 1 heterocycles. The molecule has 2 aromatic rings. The highest BCUT2D eigenvalue weighted by Crippen LogP contribution is 2.34. The van der Waals surface area contributed by atoms with Crippen LogP contribution in [0.15, 0.2) is 59.1 Å². The largest absolute Gasteiger partial charge is 0.445 e. The molecule has 1 aliphatic heterocycles. The first kappa shape index (κ1) is 16.1. The minimum Gasteiger partial charge on any atom is -0.445 e. The van der Waals surface area contributed by atoms with Gasteiger partial charge in [-0.2, -0.15) is 0 Å². The van der Waals surface area contributed by atoms with Crippen LogP contribution < -0.4 is 0 Å². The lowest BCUT2D eigenvalue weighted by atomic mass is 9.77. The van der Waals surface area contributed by atoms with Gasteiger partial charge in [-0.3, -0.25) is 0 Å². The number of amides is 1. The van der Waals surface area contributed by atoms with Gasteiger partial charge in [-0.15, -0.1) is 0 Å². The van der Waals surface area contributed by atoms with E-state index in [2.05, 4.69) is 47.1 Å². The van der Waals surface area contributed by atoms with E-state index in [1.165, 1.54) is 5.56 Å². The summed E-state index contributed by atoms with van der Waals surface area (Å²) >= 11 is 3.45. The summed E-state index contributed by atoms with van der Waals surface area (Å²) in [5.41, 5.74) is 2.45. The van der Waals surface area contributed by atoms with Crippen LogP contribution in [-0.4, -0.2) is 24.1 Å². The molecule has 4 heteroatoms. The zero-order valence-electron chi connectivity index (χ0n) is 13.2. The quantitative estimate of drug-likeness (QED) is 0.780. The smallest absolute Gasteiger partial charge is 0.410 e. The third-order valence-electron chi connectivity index (χ3n) is 4.15. The minimum absolute atomic E-state index is 0.138. The lowest BCUT2D eigenvalue weighted by Gasteiger charge is -2.47. The molecule has 0 aliphatic carbocycles. The number of hydrogen-bond acceptors (Lipinski definition) is 2. The maximum Gasteiger partial charge on any atom is 0.410 e. The molecule has 0 bridgehead atoms. The molecule has 2 aromatic carbocycles. The zero-order valence-corrected chi connectivity index (χ0v) is 14.8. The molecular weight excluding hydrogens is 354 g/mol. The van der Waals surface area contributed by atoms with Gasteiger partial charge < -0.3 is 9.64 Å². The maximum atomic E-state index is 12.1. The molecule has 1 saturated heterocycles. The molecular formula is C19H20BrNO2. The zero-order chi connectivity index (χ0) is 16.3. The number of nitrogens with zero attached hydrogens (tertiary/aromatic N) is 1. The number of carbonyl (C=O) groups is 1. The fourth-order valence-electron chi connectivity index (χ4n) is 3.02. The van der Waals surface area contributed by atoms with Crippen molar-refractivity contribution in [2.24, 2.45) is 5.41 Å². The average Bonchev–Trinajstić information content (AvgIpc) is 2.53. The summed E-state index contributed by atoms with van der Waals surface area (Å²) in [6.07, 6.45) is 0.755. The Balaban J connectivity index is 1.47. The van der Waals surface area contributed by atoms with Gasteiger partial charge in [0.2, 0.25) is 0 Å². The molecule has 3 rings (SSSR count). The molecule has 0 N–H and O–H groups in total. The Kier molecular flexibility index (Phi) is 4.71. The van der Waals surface area contributed by atoms with Crippen molar-refractivity contribution in [2.45, 2.75) is 20.0 Å². The highest BCUT2D eigenvalue weighted by atomic mass is 79.9. The second kappa shape index (κ2) is 6.75. The van der Waals surface area contributed by atoms with E-state index in [1.807, 2.05) is 30.3 Å². The number of ether oxygens (including phenoxy) is 1. The molecule has 1 amide bonds. The highest BCUT2D eigenvalue weighted by Gasteiger charge is 2.41. The lowest BCUT2D eigenvalue weighted by Crippen LogP contribution is -2.58. The van der Waals surface area contributed by atoms with Crippen molar-refractivity contribution in [1.82, 2.24) is 4.90 Å². The van der Waals surface area contributed by atoms with Crippen molar-refractivity contribution in [3.63, 3.8) is 0 Å². The van der Waals surface area contributed by atoms with E-state index in [-0.39, 0.29) is 11.5 Å². The van der Waals surface area contributed by atoms with Gasteiger partial charge in [0.25, 0.3) is 0 Å². The Labute approximate surface area is 145 Å². The van der Waals surface area contributed by atoms with Gasteiger partial charge in [-0.25, -0.2) is 4.79 Å². The van der Waals surface area contributed by atoms with Gasteiger partial charge in [0, 0.05) is 23.0 Å². The summed E-state index contributed by atoms with van der Waals surface area (Å²) in [5, 5.41) is 0. The molecule has 0 spiro atoms. The predicted octanol–water partition coefficient (Wildman–Crippen LogP) is 4.65. The fraction of sp³-hybridized carbons (Fsp3) is 0.316. The van der Waals surface area contributed by atoms with E-state index < -0.39 is 0 Å². The van der Waals surface area contributed by atoms with Crippen LogP contribution in [-0.2, 0) is 17.8 Å². The minimum atomic E-state index is -0.220. The summed E-state index contributed by atoms with van der Waals surface area (Å²) < 4.78 is 6.46. The first-order chi connectivity index (χ1) is 11.0. The Morgan fingerprint density at radius 1 is 1.09 bits per heavy atom. The van der Waals surface area contributed by atoms with Crippen LogP contribution in [0, 0.1) is 5.41 Å². The van der Waals surface area contributed by atoms with Gasteiger partial charge in [0.05, 0.1) is 0 Å². The fourth-order valence-corrected chi connectivity index (χ4v) is 3.29. The van der Waals surface area contributed by atoms with E-state index in [1.54, 1.807) is 4.90 Å². The third-order valence-corrected chi connectivity index (χ3v) is 4.68. The normalized spacial score (nSPS) is 15.8. The van der Waals surface area contributed by atoms with Crippen LogP contribution in [0.4, 0.5) is 4.79 Å². The Bertz CT molecular complexity index is 664. The molecule has 0 radical (unpaired) electrons. The van der Waals surface area contributed by atoms with Crippen molar-refractivity contribution in [2.75, 3.05) is 13.1 Å².